The van der Waals surface area contributed by atoms with Crippen LogP contribution in [0, 0.1) is 0 Å². The fourth-order valence-electron chi connectivity index (χ4n) is 1.17. The SMILES string of the molecule is CCC(C)c1ncc2nc[nH]c2n1. The van der Waals surface area contributed by atoms with Crippen molar-refractivity contribution in [2.75, 3.05) is 0 Å². The van der Waals surface area contributed by atoms with Crippen LogP contribution in [0.25, 0.3) is 11.2 Å². The minimum atomic E-state index is 0.410. The number of nitrogens with one attached hydrogen (secondary N) is 1. The molecule has 2 heterocycles. The van der Waals surface area contributed by atoms with E-state index in [1.165, 1.54) is 0 Å². The molecule has 68 valence electrons. The second-order valence-corrected chi connectivity index (χ2v) is 3.17. The molecule has 1 atom stereocenters. The molecule has 0 radical (unpaired) electrons. The maximum Gasteiger partial charge on any atom is 0.160 e. The van der Waals surface area contributed by atoms with Crippen LogP contribution in [0.1, 0.15) is 32.0 Å². The van der Waals surface area contributed by atoms with E-state index < -0.39 is 0 Å². The second kappa shape index (κ2) is 3.12. The monoisotopic (exact) mass is 176 g/mol. The Morgan fingerprint density at radius 1 is 1.46 bits per heavy atom. The Labute approximate surface area is 76.4 Å². The maximum atomic E-state index is 4.38. The van der Waals surface area contributed by atoms with Gasteiger partial charge in [0, 0.05) is 5.92 Å². The van der Waals surface area contributed by atoms with Crippen LogP contribution in [-0.2, 0) is 0 Å². The fourth-order valence-corrected chi connectivity index (χ4v) is 1.17. The number of hydrogen-bond donors (Lipinski definition) is 1. The summed E-state index contributed by atoms with van der Waals surface area (Å²) in [6, 6.07) is 0. The third-order valence-corrected chi connectivity index (χ3v) is 2.25. The largest absolute Gasteiger partial charge is 0.329 e. The maximum absolute atomic E-state index is 4.38. The van der Waals surface area contributed by atoms with E-state index in [2.05, 4.69) is 33.8 Å². The lowest BCUT2D eigenvalue weighted by Crippen LogP contribution is -1.99. The fraction of sp³-hybridized carbons (Fsp3) is 0.444. The van der Waals surface area contributed by atoms with E-state index in [0.29, 0.717) is 5.92 Å². The van der Waals surface area contributed by atoms with E-state index in [9.17, 15) is 0 Å². The quantitative estimate of drug-likeness (QED) is 0.759. The van der Waals surface area contributed by atoms with Crippen molar-refractivity contribution in [3.63, 3.8) is 0 Å². The summed E-state index contributed by atoms with van der Waals surface area (Å²) >= 11 is 0. The van der Waals surface area contributed by atoms with Gasteiger partial charge in [-0.25, -0.2) is 15.0 Å². The number of hydrogen-bond acceptors (Lipinski definition) is 3. The van der Waals surface area contributed by atoms with E-state index in [1.54, 1.807) is 12.5 Å². The van der Waals surface area contributed by atoms with Crippen molar-refractivity contribution in [3.8, 4) is 0 Å². The number of H-pyrrole nitrogens is 1. The third-order valence-electron chi connectivity index (χ3n) is 2.25. The van der Waals surface area contributed by atoms with Crippen LogP contribution in [0.15, 0.2) is 12.5 Å². The summed E-state index contributed by atoms with van der Waals surface area (Å²) in [6.45, 7) is 4.25. The molecular formula is C9H12N4. The van der Waals surface area contributed by atoms with Gasteiger partial charge in [0.05, 0.1) is 12.5 Å². The molecule has 4 nitrogen and oxygen atoms in total. The molecule has 0 aliphatic heterocycles. The minimum absolute atomic E-state index is 0.410. The molecule has 2 aromatic heterocycles. The van der Waals surface area contributed by atoms with Crippen LogP contribution < -0.4 is 0 Å². The van der Waals surface area contributed by atoms with E-state index >= 15 is 0 Å². The Balaban J connectivity index is 2.48. The van der Waals surface area contributed by atoms with Gasteiger partial charge in [-0.2, -0.15) is 0 Å². The molecular weight excluding hydrogens is 164 g/mol. The number of aromatic amines is 1. The van der Waals surface area contributed by atoms with Gasteiger partial charge in [0.2, 0.25) is 0 Å². The molecule has 13 heavy (non-hydrogen) atoms. The molecule has 0 fully saturated rings. The highest BCUT2D eigenvalue weighted by molar-refractivity contribution is 5.68. The zero-order valence-corrected chi connectivity index (χ0v) is 7.78. The van der Waals surface area contributed by atoms with Gasteiger partial charge in [-0.05, 0) is 6.42 Å². The van der Waals surface area contributed by atoms with E-state index in [1.807, 2.05) is 0 Å². The Kier molecular flexibility index (Phi) is 1.96. The highest BCUT2D eigenvalue weighted by atomic mass is 15.0. The van der Waals surface area contributed by atoms with Crippen molar-refractivity contribution in [3.05, 3.63) is 18.3 Å². The normalized spacial score (nSPS) is 13.4. The van der Waals surface area contributed by atoms with Gasteiger partial charge in [-0.3, -0.25) is 0 Å². The number of aromatic nitrogens is 4. The first kappa shape index (κ1) is 8.16. The van der Waals surface area contributed by atoms with Crippen molar-refractivity contribution in [2.24, 2.45) is 0 Å². The van der Waals surface area contributed by atoms with Crippen molar-refractivity contribution in [1.82, 2.24) is 19.9 Å². The molecule has 2 rings (SSSR count). The topological polar surface area (TPSA) is 54.5 Å². The number of imidazole rings is 1. The average molecular weight is 176 g/mol. The van der Waals surface area contributed by atoms with Crippen LogP contribution in [0.4, 0.5) is 0 Å². The summed E-state index contributed by atoms with van der Waals surface area (Å²) in [5, 5.41) is 0. The first-order valence-electron chi connectivity index (χ1n) is 4.47. The lowest BCUT2D eigenvalue weighted by atomic mass is 10.1. The van der Waals surface area contributed by atoms with Crippen LogP contribution >= 0.6 is 0 Å². The summed E-state index contributed by atoms with van der Waals surface area (Å²) in [6.07, 6.45) is 4.46. The van der Waals surface area contributed by atoms with Gasteiger partial charge in [0.25, 0.3) is 0 Å². The van der Waals surface area contributed by atoms with Gasteiger partial charge < -0.3 is 4.98 Å². The van der Waals surface area contributed by atoms with Crippen molar-refractivity contribution < 1.29 is 0 Å². The molecule has 0 aliphatic rings. The first-order valence-corrected chi connectivity index (χ1v) is 4.47. The van der Waals surface area contributed by atoms with Crippen molar-refractivity contribution >= 4 is 11.2 Å². The Morgan fingerprint density at radius 2 is 2.31 bits per heavy atom. The zero-order valence-electron chi connectivity index (χ0n) is 7.78. The Hall–Kier alpha value is -1.45. The summed E-state index contributed by atoms with van der Waals surface area (Å²) in [5.74, 6) is 1.30. The summed E-state index contributed by atoms with van der Waals surface area (Å²) < 4.78 is 0. The molecule has 1 unspecified atom stereocenters. The highest BCUT2D eigenvalue weighted by Gasteiger charge is 2.07. The van der Waals surface area contributed by atoms with Gasteiger partial charge in [0.1, 0.15) is 11.3 Å². The zero-order chi connectivity index (χ0) is 9.26. The Morgan fingerprint density at radius 3 is 3.08 bits per heavy atom. The standard InChI is InChI=1S/C9H12N4/c1-3-6(2)8-10-4-7-9(13-8)12-5-11-7/h4-6H,3H2,1-2H3,(H,10,11,12,13). The molecule has 0 saturated heterocycles. The van der Waals surface area contributed by atoms with E-state index in [-0.39, 0.29) is 0 Å². The van der Waals surface area contributed by atoms with Crippen LogP contribution in [0.2, 0.25) is 0 Å². The van der Waals surface area contributed by atoms with Crippen LogP contribution in [-0.4, -0.2) is 19.9 Å². The highest BCUT2D eigenvalue weighted by Crippen LogP contribution is 2.15. The third kappa shape index (κ3) is 1.39. The Bertz CT molecular complexity index is 407. The first-order chi connectivity index (χ1) is 6.31. The molecule has 1 N–H and O–H groups in total. The lowest BCUT2D eigenvalue weighted by molar-refractivity contribution is 0.682. The number of fused-ring (bicyclic) bond motifs is 1. The van der Waals surface area contributed by atoms with Crippen LogP contribution in [0.3, 0.4) is 0 Å². The van der Waals surface area contributed by atoms with Gasteiger partial charge in [0.15, 0.2) is 5.65 Å². The van der Waals surface area contributed by atoms with E-state index in [0.717, 1.165) is 23.4 Å². The second-order valence-electron chi connectivity index (χ2n) is 3.17. The molecule has 0 bridgehead atoms. The molecule has 0 aliphatic carbocycles. The summed E-state index contributed by atoms with van der Waals surface area (Å²) in [4.78, 5) is 15.7. The van der Waals surface area contributed by atoms with Gasteiger partial charge >= 0.3 is 0 Å². The molecule has 0 spiro atoms. The molecule has 2 aromatic rings. The van der Waals surface area contributed by atoms with E-state index in [4.69, 9.17) is 0 Å². The number of rotatable bonds is 2. The predicted octanol–water partition coefficient (Wildman–Crippen LogP) is 1.87. The summed E-state index contributed by atoms with van der Waals surface area (Å²) in [5.41, 5.74) is 1.65. The van der Waals surface area contributed by atoms with Crippen LogP contribution in [0.5, 0.6) is 0 Å². The smallest absolute Gasteiger partial charge is 0.160 e. The minimum Gasteiger partial charge on any atom is -0.329 e. The molecule has 0 aromatic carbocycles. The van der Waals surface area contributed by atoms with Crippen molar-refractivity contribution in [2.45, 2.75) is 26.2 Å². The number of nitrogens with zero attached hydrogens (tertiary/aromatic N) is 3. The predicted molar refractivity (Wildman–Crippen MR) is 50.4 cm³/mol. The molecule has 0 saturated carbocycles. The van der Waals surface area contributed by atoms with Crippen molar-refractivity contribution in [1.29, 1.82) is 0 Å². The molecule has 0 amide bonds. The lowest BCUT2D eigenvalue weighted by Gasteiger charge is -2.04. The molecule has 4 heteroatoms. The van der Waals surface area contributed by atoms with Gasteiger partial charge in [-0.15, -0.1) is 0 Å². The average Bonchev–Trinajstić information content (AvgIpc) is 2.63. The van der Waals surface area contributed by atoms with Gasteiger partial charge in [-0.1, -0.05) is 13.8 Å². The summed E-state index contributed by atoms with van der Waals surface area (Å²) in [7, 11) is 0.